The summed E-state index contributed by atoms with van der Waals surface area (Å²) >= 11 is 11.2. The number of hydrogen-bond acceptors (Lipinski definition) is 10. The molecule has 0 fully saturated rings. The van der Waals surface area contributed by atoms with Crippen molar-refractivity contribution in [3.05, 3.63) is 101 Å². The Morgan fingerprint density at radius 3 is 1.19 bits per heavy atom. The van der Waals surface area contributed by atoms with Crippen LogP contribution in [-0.4, -0.2) is 100 Å². The van der Waals surface area contributed by atoms with Gasteiger partial charge in [-0.1, -0.05) is 92.9 Å². The van der Waals surface area contributed by atoms with E-state index in [0.717, 1.165) is 35.8 Å². The van der Waals surface area contributed by atoms with Gasteiger partial charge in [-0.3, -0.25) is 13.9 Å². The molecule has 0 aliphatic rings. The monoisotopic (exact) mass is 1080 g/mol. The van der Waals surface area contributed by atoms with Gasteiger partial charge in [-0.05, 0) is 65.8 Å². The third kappa shape index (κ3) is 35.5. The first-order valence-corrected chi connectivity index (χ1v) is 22.6. The molecular weight excluding hydrogens is 1020 g/mol. The van der Waals surface area contributed by atoms with E-state index in [9.17, 15) is 53.9 Å². The number of allylic oxidation sites excluding steroid dienone is 1. The van der Waals surface area contributed by atoms with Crippen LogP contribution in [0.1, 0.15) is 82.7 Å². The summed E-state index contributed by atoms with van der Waals surface area (Å²) in [6.45, 7) is 24.5. The van der Waals surface area contributed by atoms with Crippen molar-refractivity contribution in [3.63, 3.8) is 0 Å². The molecule has 0 aliphatic heterocycles. The van der Waals surface area contributed by atoms with E-state index in [-0.39, 0.29) is 5.41 Å². The Morgan fingerprint density at radius 2 is 0.943 bits per heavy atom. The summed E-state index contributed by atoms with van der Waals surface area (Å²) in [4.78, 5) is 30.5. The molecule has 0 radical (unpaired) electrons. The number of ketones is 1. The molecular formula is C46H63Cl2F9O12S. The van der Waals surface area contributed by atoms with Crippen LogP contribution in [0.4, 0.5) is 39.5 Å². The van der Waals surface area contributed by atoms with Crippen LogP contribution >= 0.6 is 23.2 Å². The van der Waals surface area contributed by atoms with Crippen molar-refractivity contribution in [2.75, 3.05) is 46.3 Å². The number of alkyl halides is 11. The van der Waals surface area contributed by atoms with Crippen molar-refractivity contribution in [1.29, 1.82) is 0 Å². The predicted molar refractivity (Wildman–Crippen MR) is 251 cm³/mol. The van der Waals surface area contributed by atoms with Crippen molar-refractivity contribution in [2.45, 2.75) is 105 Å². The molecule has 3 rings (SSSR count). The third-order valence-electron chi connectivity index (χ3n) is 7.96. The summed E-state index contributed by atoms with van der Waals surface area (Å²) in [6, 6.07) is 19.4. The highest BCUT2D eigenvalue weighted by Crippen LogP contribution is 2.37. The summed E-state index contributed by atoms with van der Waals surface area (Å²) in [5, 5.41) is 0. The van der Waals surface area contributed by atoms with Crippen LogP contribution in [0.5, 0.6) is 17.2 Å². The van der Waals surface area contributed by atoms with E-state index < -0.39 is 58.5 Å². The molecule has 0 saturated heterocycles. The quantitative estimate of drug-likeness (QED) is 0.0466. The highest BCUT2D eigenvalue weighted by atomic mass is 35.5. The number of benzene rings is 3. The van der Waals surface area contributed by atoms with Crippen molar-refractivity contribution in [3.8, 4) is 17.2 Å². The molecule has 70 heavy (non-hydrogen) atoms. The van der Waals surface area contributed by atoms with E-state index >= 15 is 0 Å². The predicted octanol–water partition coefficient (Wildman–Crippen LogP) is 12.7. The zero-order chi connectivity index (χ0) is 56.1. The van der Waals surface area contributed by atoms with E-state index in [4.69, 9.17) is 59.7 Å². The Kier molecular flexibility index (Phi) is 34.8. The summed E-state index contributed by atoms with van der Waals surface area (Å²) < 4.78 is 159. The SMILES string of the molecule is C=C(C)CCl.CCOCC.COc1ccc(C)cc1.COc1ccc(C)cc1C(C)(C)CC(=O)C(F)(F)F.COc1ccc(C)cc1C(C)(C)CCl.O=C(OC(=O)C(F)(F)F)C(F)(F)F.O=S(=O)(O)O. The normalized spacial score (nSPS) is 11.1. The number of halogens is 11. The lowest BCUT2D eigenvalue weighted by molar-refractivity contribution is -0.221. The second kappa shape index (κ2) is 33.9. The average molecular weight is 1080 g/mol. The molecule has 3 aromatic rings. The molecule has 0 saturated carbocycles. The van der Waals surface area contributed by atoms with Crippen molar-refractivity contribution in [1.82, 2.24) is 0 Å². The lowest BCUT2D eigenvalue weighted by atomic mass is 9.79. The fraction of sp³-hybridized carbons (Fsp3) is 0.500. The van der Waals surface area contributed by atoms with Gasteiger partial charge >= 0.3 is 40.9 Å². The Labute approximate surface area is 414 Å². The Balaban J connectivity index is -0.000000385. The number of methoxy groups -OCH3 is 3. The van der Waals surface area contributed by atoms with Gasteiger partial charge in [0.15, 0.2) is 0 Å². The largest absolute Gasteiger partial charge is 0.497 e. The number of carbonyl (C=O) groups excluding carboxylic acids is 3. The summed E-state index contributed by atoms with van der Waals surface area (Å²) in [6.07, 6.45) is -16.6. The number of ether oxygens (including phenoxy) is 5. The van der Waals surface area contributed by atoms with Gasteiger partial charge in [0.25, 0.3) is 0 Å². The number of rotatable bonds is 11. The standard InChI is InChI=1S/C14H17F3O2.C12H17ClO.C8H10O.C4H7Cl.C4F6O3.C4H10O.H2O4S/c1-9-5-6-11(19-4)10(7-9)13(2,3)8-12(18)14(15,16)17;1-9-5-6-11(14-4)10(7-9)12(2,3)8-13;1-7-3-5-8(9-2)6-4-7;1-4(2)3-5;5-3(6,7)1(11)13-2(12)4(8,9)10;1-3-5-4-2;1-5(2,3)4/h5-7H,8H2,1-4H3;5-7H,8H2,1-4H3;3-6H,1-2H3;1,3H2,2H3;;3-4H2,1-2H3;(H2,1,2,3,4). The van der Waals surface area contributed by atoms with Crippen LogP contribution in [0.3, 0.4) is 0 Å². The maximum atomic E-state index is 12.4. The molecule has 3 aromatic carbocycles. The maximum Gasteiger partial charge on any atom is 0.491 e. The molecule has 0 spiro atoms. The zero-order valence-corrected chi connectivity index (χ0v) is 43.4. The summed E-state index contributed by atoms with van der Waals surface area (Å²) in [5.74, 6) is -4.62. The van der Waals surface area contributed by atoms with E-state index in [0.29, 0.717) is 23.1 Å². The van der Waals surface area contributed by atoms with Gasteiger partial charge < -0.3 is 23.7 Å². The molecule has 0 aromatic heterocycles. The number of Topliss-reactive ketones (excluding diaryl/α,β-unsaturated/α-hetero) is 1. The molecule has 0 atom stereocenters. The number of hydrogen-bond donors (Lipinski definition) is 2. The van der Waals surface area contributed by atoms with E-state index in [2.05, 4.69) is 45.1 Å². The van der Waals surface area contributed by atoms with Crippen LogP contribution in [0.15, 0.2) is 72.8 Å². The van der Waals surface area contributed by atoms with Gasteiger partial charge in [-0.25, -0.2) is 9.59 Å². The Bertz CT molecular complexity index is 2090. The molecule has 2 N–H and O–H groups in total. The summed E-state index contributed by atoms with van der Waals surface area (Å²) in [5.41, 5.74) is 5.22. The molecule has 0 bridgehead atoms. The summed E-state index contributed by atoms with van der Waals surface area (Å²) in [7, 11) is 0.152. The molecule has 12 nitrogen and oxygen atoms in total. The molecule has 0 unspecified atom stereocenters. The van der Waals surface area contributed by atoms with Crippen LogP contribution in [0.25, 0.3) is 0 Å². The van der Waals surface area contributed by atoms with Gasteiger partial charge in [-0.15, -0.1) is 23.2 Å². The second-order valence-electron chi connectivity index (χ2n) is 15.4. The first kappa shape index (κ1) is 71.9. The first-order chi connectivity index (χ1) is 31.6. The van der Waals surface area contributed by atoms with Crippen molar-refractivity contribution >= 4 is 51.3 Å². The lowest BCUT2D eigenvalue weighted by Crippen LogP contribution is -2.34. The van der Waals surface area contributed by atoms with Crippen LogP contribution in [0, 0.1) is 20.8 Å². The maximum absolute atomic E-state index is 12.4. The molecule has 0 heterocycles. The smallest absolute Gasteiger partial charge is 0.491 e. The zero-order valence-electron chi connectivity index (χ0n) is 41.1. The average Bonchev–Trinajstić information content (AvgIpc) is 3.23. The molecule has 0 aliphatic carbocycles. The lowest BCUT2D eigenvalue weighted by Gasteiger charge is -2.27. The second-order valence-corrected chi connectivity index (χ2v) is 16.8. The van der Waals surface area contributed by atoms with Crippen LogP contribution < -0.4 is 14.2 Å². The number of aryl methyl sites for hydroxylation is 3. The van der Waals surface area contributed by atoms with Crippen LogP contribution in [0.2, 0.25) is 0 Å². The molecule has 402 valence electrons. The van der Waals surface area contributed by atoms with Gasteiger partial charge in [0, 0.05) is 53.4 Å². The van der Waals surface area contributed by atoms with E-state index in [1.807, 2.05) is 70.2 Å². The molecule has 0 amide bonds. The van der Waals surface area contributed by atoms with E-state index in [1.165, 1.54) is 23.8 Å². The number of esters is 2. The first-order valence-electron chi connectivity index (χ1n) is 20.1. The third-order valence-corrected chi connectivity index (χ3v) is 9.09. The minimum Gasteiger partial charge on any atom is -0.497 e. The fourth-order valence-electron chi connectivity index (χ4n) is 4.45. The fourth-order valence-corrected chi connectivity index (χ4v) is 4.59. The van der Waals surface area contributed by atoms with Gasteiger partial charge in [0.05, 0.1) is 21.3 Å². The minimum absolute atomic E-state index is 0.0427. The molecule has 24 heteroatoms. The topological polar surface area (TPSA) is 172 Å². The number of carbonyl (C=O) groups is 3. The Hall–Kier alpha value is -4.61. The van der Waals surface area contributed by atoms with Crippen molar-refractivity contribution in [2.24, 2.45) is 0 Å². The van der Waals surface area contributed by atoms with Crippen LogP contribution in [-0.2, 0) is 45.1 Å². The van der Waals surface area contributed by atoms with Gasteiger partial charge in [0.2, 0.25) is 5.78 Å². The highest BCUT2D eigenvalue weighted by Gasteiger charge is 2.49. The van der Waals surface area contributed by atoms with E-state index in [1.54, 1.807) is 40.2 Å². The van der Waals surface area contributed by atoms with Gasteiger partial charge in [0.1, 0.15) is 17.2 Å². The van der Waals surface area contributed by atoms with Crippen molar-refractivity contribution < 1.29 is 95.1 Å². The minimum atomic E-state index is -5.62. The highest BCUT2D eigenvalue weighted by molar-refractivity contribution is 7.79. The Morgan fingerprint density at radius 1 is 0.614 bits per heavy atom. The van der Waals surface area contributed by atoms with Gasteiger partial charge in [-0.2, -0.15) is 47.9 Å².